The number of ether oxygens (including phenoxy) is 1. The van der Waals surface area contributed by atoms with Gasteiger partial charge in [0.25, 0.3) is 0 Å². The molecule has 0 saturated carbocycles. The summed E-state index contributed by atoms with van der Waals surface area (Å²) in [6.07, 6.45) is 0.178. The molecule has 1 amide bonds. The number of carbonyl (C=O) groups is 2. The minimum atomic E-state index is -0.608. The van der Waals surface area contributed by atoms with Crippen LogP contribution in [0.3, 0.4) is 0 Å². The molecule has 0 saturated heterocycles. The molecule has 0 spiro atoms. The number of anilines is 1. The highest BCUT2D eigenvalue weighted by molar-refractivity contribution is 6.02. The lowest BCUT2D eigenvalue weighted by Crippen LogP contribution is -2.38. The number of amides is 1. The average Bonchev–Trinajstić information content (AvgIpc) is 2.42. The van der Waals surface area contributed by atoms with Crippen LogP contribution in [-0.2, 0) is 9.53 Å². The Kier molecular flexibility index (Phi) is 4.26. The zero-order valence-corrected chi connectivity index (χ0v) is 12.5. The summed E-state index contributed by atoms with van der Waals surface area (Å²) in [6.45, 7) is 5.36. The fraction of sp³-hybridized carbons (Fsp3) is 0.294. The van der Waals surface area contributed by atoms with Gasteiger partial charge >= 0.3 is 6.09 Å². The first-order chi connectivity index (χ1) is 9.92. The monoisotopic (exact) mass is 285 g/mol. The van der Waals surface area contributed by atoms with Crippen LogP contribution >= 0.6 is 0 Å². The van der Waals surface area contributed by atoms with E-state index in [9.17, 15) is 9.59 Å². The van der Waals surface area contributed by atoms with Gasteiger partial charge in [0.1, 0.15) is 11.9 Å². The van der Waals surface area contributed by atoms with E-state index in [1.165, 1.54) is 4.90 Å². The highest BCUT2D eigenvalue weighted by Crippen LogP contribution is 2.27. The molecule has 4 heteroatoms. The molecule has 0 aliphatic rings. The molecule has 0 bridgehead atoms. The van der Waals surface area contributed by atoms with E-state index in [1.54, 1.807) is 20.8 Å². The second-order valence-corrected chi connectivity index (χ2v) is 5.76. The molecule has 4 nitrogen and oxygen atoms in total. The maximum Gasteiger partial charge on any atom is 0.415 e. The van der Waals surface area contributed by atoms with Crippen LogP contribution in [0, 0.1) is 0 Å². The van der Waals surface area contributed by atoms with Crippen molar-refractivity contribution >= 4 is 28.8 Å². The van der Waals surface area contributed by atoms with Gasteiger partial charge in [-0.3, -0.25) is 4.90 Å². The standard InChI is InChI=1S/C17H19NO3/c1-17(2,3)21-16(20)18(11-12-19)15-10-6-8-13-7-4-5-9-14(13)15/h4-10,12H,11H2,1-3H3. The van der Waals surface area contributed by atoms with E-state index < -0.39 is 11.7 Å². The van der Waals surface area contributed by atoms with Crippen molar-refractivity contribution in [3.63, 3.8) is 0 Å². The van der Waals surface area contributed by atoms with Crippen LogP contribution in [0.15, 0.2) is 42.5 Å². The molecule has 0 atom stereocenters. The molecule has 0 aliphatic heterocycles. The van der Waals surface area contributed by atoms with Crippen LogP contribution in [-0.4, -0.2) is 24.5 Å². The van der Waals surface area contributed by atoms with Gasteiger partial charge in [-0.05, 0) is 32.2 Å². The summed E-state index contributed by atoms with van der Waals surface area (Å²) in [7, 11) is 0. The number of aldehydes is 1. The highest BCUT2D eigenvalue weighted by atomic mass is 16.6. The molecule has 0 fully saturated rings. The first kappa shape index (κ1) is 15.0. The normalized spacial score (nSPS) is 11.2. The molecule has 0 radical (unpaired) electrons. The third-order valence-electron chi connectivity index (χ3n) is 2.93. The van der Waals surface area contributed by atoms with Crippen LogP contribution in [0.2, 0.25) is 0 Å². The van der Waals surface area contributed by atoms with E-state index in [1.807, 2.05) is 42.5 Å². The summed E-state index contributed by atoms with van der Waals surface area (Å²) in [5.74, 6) is 0. The predicted molar refractivity (Wildman–Crippen MR) is 83.6 cm³/mol. The second-order valence-electron chi connectivity index (χ2n) is 5.76. The molecule has 0 heterocycles. The maximum absolute atomic E-state index is 12.3. The zero-order valence-electron chi connectivity index (χ0n) is 12.5. The third kappa shape index (κ3) is 3.60. The van der Waals surface area contributed by atoms with E-state index in [2.05, 4.69) is 0 Å². The van der Waals surface area contributed by atoms with Crippen molar-refractivity contribution in [2.75, 3.05) is 11.4 Å². The molecule has 2 aromatic rings. The number of fused-ring (bicyclic) bond motifs is 1. The van der Waals surface area contributed by atoms with Crippen LogP contribution in [0.5, 0.6) is 0 Å². The van der Waals surface area contributed by atoms with E-state index in [0.717, 1.165) is 10.8 Å². The van der Waals surface area contributed by atoms with Crippen LogP contribution < -0.4 is 4.90 Å². The molecule has 110 valence electrons. The fourth-order valence-electron chi connectivity index (χ4n) is 2.11. The maximum atomic E-state index is 12.3. The van der Waals surface area contributed by atoms with E-state index in [4.69, 9.17) is 4.74 Å². The quantitative estimate of drug-likeness (QED) is 0.806. The smallest absolute Gasteiger partial charge is 0.415 e. The van der Waals surface area contributed by atoms with Crippen molar-refractivity contribution in [1.29, 1.82) is 0 Å². The Hall–Kier alpha value is -2.36. The van der Waals surface area contributed by atoms with Crippen molar-refractivity contribution < 1.29 is 14.3 Å². The molecule has 0 aromatic heterocycles. The Balaban J connectivity index is 2.45. The summed E-state index contributed by atoms with van der Waals surface area (Å²) in [5.41, 5.74) is 0.0671. The van der Waals surface area contributed by atoms with Gasteiger partial charge in [0.05, 0.1) is 12.2 Å². The first-order valence-corrected chi connectivity index (χ1v) is 6.84. The largest absolute Gasteiger partial charge is 0.443 e. The molecule has 0 N–H and O–H groups in total. The highest BCUT2D eigenvalue weighted by Gasteiger charge is 2.24. The van der Waals surface area contributed by atoms with Crippen molar-refractivity contribution in [3.8, 4) is 0 Å². The first-order valence-electron chi connectivity index (χ1n) is 6.84. The molecule has 21 heavy (non-hydrogen) atoms. The number of rotatable bonds is 3. The Morgan fingerprint density at radius 2 is 1.81 bits per heavy atom. The SMILES string of the molecule is CC(C)(C)OC(=O)N(CC=O)c1cccc2ccccc12. The third-order valence-corrected chi connectivity index (χ3v) is 2.93. The van der Waals surface area contributed by atoms with Crippen molar-refractivity contribution in [2.24, 2.45) is 0 Å². The Morgan fingerprint density at radius 3 is 2.48 bits per heavy atom. The fourth-order valence-corrected chi connectivity index (χ4v) is 2.11. The summed E-state index contributed by atoms with van der Waals surface area (Å²) in [6, 6.07) is 13.4. The van der Waals surface area contributed by atoms with Gasteiger partial charge in [-0.2, -0.15) is 0 Å². The Labute approximate surface area is 124 Å². The summed E-state index contributed by atoms with van der Waals surface area (Å²) >= 11 is 0. The van der Waals surface area contributed by atoms with Gasteiger partial charge in [0.2, 0.25) is 0 Å². The second kappa shape index (κ2) is 5.95. The van der Waals surface area contributed by atoms with Crippen molar-refractivity contribution in [3.05, 3.63) is 42.5 Å². The summed E-state index contributed by atoms with van der Waals surface area (Å²) in [4.78, 5) is 24.6. The van der Waals surface area contributed by atoms with Gasteiger partial charge in [-0.25, -0.2) is 4.79 Å². The summed E-state index contributed by atoms with van der Waals surface area (Å²) in [5, 5.41) is 1.92. The van der Waals surface area contributed by atoms with Gasteiger partial charge in [-0.1, -0.05) is 36.4 Å². The van der Waals surface area contributed by atoms with Gasteiger partial charge in [0.15, 0.2) is 0 Å². The molecular weight excluding hydrogens is 266 g/mol. The molecular formula is C17H19NO3. The molecule has 2 rings (SSSR count). The minimum Gasteiger partial charge on any atom is -0.443 e. The lowest BCUT2D eigenvalue weighted by molar-refractivity contribution is -0.106. The van der Waals surface area contributed by atoms with E-state index >= 15 is 0 Å². The average molecular weight is 285 g/mol. The number of nitrogens with zero attached hydrogens (tertiary/aromatic N) is 1. The number of hydrogen-bond acceptors (Lipinski definition) is 3. The van der Waals surface area contributed by atoms with Gasteiger partial charge in [0, 0.05) is 5.39 Å². The minimum absolute atomic E-state index is 0.0388. The lowest BCUT2D eigenvalue weighted by atomic mass is 10.1. The van der Waals surface area contributed by atoms with Crippen LogP contribution in [0.25, 0.3) is 10.8 Å². The van der Waals surface area contributed by atoms with Crippen LogP contribution in [0.1, 0.15) is 20.8 Å². The Morgan fingerprint density at radius 1 is 1.14 bits per heavy atom. The van der Waals surface area contributed by atoms with E-state index in [-0.39, 0.29) is 6.54 Å². The summed E-state index contributed by atoms with van der Waals surface area (Å²) < 4.78 is 5.38. The zero-order chi connectivity index (χ0) is 15.5. The predicted octanol–water partition coefficient (Wildman–Crippen LogP) is 3.78. The molecule has 0 aliphatic carbocycles. The van der Waals surface area contributed by atoms with Gasteiger partial charge in [-0.15, -0.1) is 0 Å². The lowest BCUT2D eigenvalue weighted by Gasteiger charge is -2.27. The topological polar surface area (TPSA) is 46.6 Å². The van der Waals surface area contributed by atoms with E-state index in [0.29, 0.717) is 12.0 Å². The number of benzene rings is 2. The van der Waals surface area contributed by atoms with Crippen molar-refractivity contribution in [1.82, 2.24) is 0 Å². The van der Waals surface area contributed by atoms with Gasteiger partial charge < -0.3 is 9.53 Å². The molecule has 2 aromatic carbocycles. The van der Waals surface area contributed by atoms with Crippen LogP contribution in [0.4, 0.5) is 10.5 Å². The number of hydrogen-bond donors (Lipinski definition) is 0. The Bertz CT molecular complexity index is 653. The number of carbonyl (C=O) groups excluding carboxylic acids is 2. The molecule has 0 unspecified atom stereocenters. The van der Waals surface area contributed by atoms with Crippen molar-refractivity contribution in [2.45, 2.75) is 26.4 Å².